The Balaban J connectivity index is 1.35. The van der Waals surface area contributed by atoms with Crippen LogP contribution in [0.15, 0.2) is 55.1 Å². The molecule has 7 rings (SSSR count). The van der Waals surface area contributed by atoms with E-state index in [0.29, 0.717) is 30.9 Å². The van der Waals surface area contributed by atoms with E-state index in [1.807, 2.05) is 0 Å². The molecule has 1 aromatic carbocycles. The van der Waals surface area contributed by atoms with Crippen LogP contribution in [0.4, 0.5) is 24.5 Å². The molecule has 2 fully saturated rings. The normalized spacial score (nSPS) is 23.1. The minimum Gasteiger partial charge on any atom is -0.493 e. The number of carbonyl (C=O) groups excluding carboxylic acids is 1. The van der Waals surface area contributed by atoms with Crippen molar-refractivity contribution in [2.45, 2.75) is 37.0 Å². The fraction of sp³-hybridized carbons (Fsp3) is 0.387. The number of pyridine rings is 2. The molecule has 3 aliphatic heterocycles. The van der Waals surface area contributed by atoms with Crippen molar-refractivity contribution in [2.75, 3.05) is 43.1 Å². The molecule has 14 heteroatoms. The van der Waals surface area contributed by atoms with E-state index >= 15 is 13.2 Å². The molecule has 1 amide bonds. The number of hydrogen-bond donors (Lipinski definition) is 2. The van der Waals surface area contributed by atoms with E-state index in [-0.39, 0.29) is 73.2 Å². The number of nitrogens with two attached hydrogens (primary N) is 1. The predicted molar refractivity (Wildman–Crippen MR) is 157 cm³/mol. The number of fused-ring (bicyclic) bond motifs is 8. The number of benzene rings is 1. The van der Waals surface area contributed by atoms with Crippen molar-refractivity contribution in [3.63, 3.8) is 0 Å². The van der Waals surface area contributed by atoms with Gasteiger partial charge >= 0.3 is 0 Å². The number of ether oxygens (including phenoxy) is 2. The van der Waals surface area contributed by atoms with E-state index in [1.54, 1.807) is 29.3 Å². The number of alkyl halides is 1. The van der Waals surface area contributed by atoms with Gasteiger partial charge in [-0.2, -0.15) is 0 Å². The quantitative estimate of drug-likeness (QED) is 0.341. The van der Waals surface area contributed by atoms with Gasteiger partial charge in [0.2, 0.25) is 0 Å². The summed E-state index contributed by atoms with van der Waals surface area (Å²) >= 11 is 0. The summed E-state index contributed by atoms with van der Waals surface area (Å²) in [6.45, 7) is 1.38. The molecule has 3 unspecified atom stereocenters. The average Bonchev–Trinajstić information content (AvgIpc) is 3.56. The third-order valence-electron chi connectivity index (χ3n) is 8.86. The van der Waals surface area contributed by atoms with Crippen LogP contribution in [0.2, 0.25) is 0 Å². The van der Waals surface area contributed by atoms with Gasteiger partial charge in [0, 0.05) is 63.5 Å². The first-order valence-corrected chi connectivity index (χ1v) is 14.8. The molecule has 4 bridgehead atoms. The zero-order valence-corrected chi connectivity index (χ0v) is 24.2. The second-order valence-corrected chi connectivity index (χ2v) is 11.6. The fourth-order valence-electron chi connectivity index (χ4n) is 6.60. The zero-order chi connectivity index (χ0) is 31.1. The van der Waals surface area contributed by atoms with Crippen LogP contribution in [0.25, 0.3) is 11.3 Å². The molecule has 2 saturated heterocycles. The number of hydrogen-bond acceptors (Lipinski definition) is 9. The van der Waals surface area contributed by atoms with Gasteiger partial charge in [0.1, 0.15) is 34.4 Å². The lowest BCUT2D eigenvalue weighted by Gasteiger charge is -2.43. The number of nitrogens with one attached hydrogen (secondary N) is 1. The van der Waals surface area contributed by atoms with Crippen molar-refractivity contribution in [3.8, 4) is 17.0 Å². The summed E-state index contributed by atoms with van der Waals surface area (Å²) in [5.41, 5.74) is 5.20. The van der Waals surface area contributed by atoms with Crippen molar-refractivity contribution in [2.24, 2.45) is 11.7 Å². The van der Waals surface area contributed by atoms with Crippen LogP contribution in [-0.4, -0.2) is 69.8 Å². The van der Waals surface area contributed by atoms with Crippen molar-refractivity contribution in [1.82, 2.24) is 25.0 Å². The number of carbonyl (C=O) groups is 1. The lowest BCUT2D eigenvalue weighted by Crippen LogP contribution is -2.54. The molecule has 0 spiro atoms. The van der Waals surface area contributed by atoms with E-state index in [1.165, 1.54) is 18.3 Å². The molecule has 0 radical (unpaired) electrons. The summed E-state index contributed by atoms with van der Waals surface area (Å²) < 4.78 is 60.7. The maximum Gasteiger partial charge on any atom is 0.274 e. The minimum absolute atomic E-state index is 0.0400. The zero-order valence-electron chi connectivity index (χ0n) is 24.2. The Morgan fingerprint density at radius 3 is 2.69 bits per heavy atom. The van der Waals surface area contributed by atoms with E-state index < -0.39 is 28.9 Å². The second kappa shape index (κ2) is 11.7. The Morgan fingerprint density at radius 1 is 1.04 bits per heavy atom. The number of piperidine rings is 1. The van der Waals surface area contributed by atoms with Gasteiger partial charge < -0.3 is 25.4 Å². The van der Waals surface area contributed by atoms with E-state index in [0.717, 1.165) is 12.1 Å². The highest BCUT2D eigenvalue weighted by molar-refractivity contribution is 6.05. The maximum atomic E-state index is 16.1. The van der Waals surface area contributed by atoms with Gasteiger partial charge in [-0.05, 0) is 42.3 Å². The van der Waals surface area contributed by atoms with Crippen molar-refractivity contribution in [3.05, 3.63) is 78.0 Å². The molecule has 0 saturated carbocycles. The van der Waals surface area contributed by atoms with E-state index in [9.17, 15) is 4.79 Å². The highest BCUT2D eigenvalue weighted by Crippen LogP contribution is 2.43. The fourth-order valence-corrected chi connectivity index (χ4v) is 6.60. The van der Waals surface area contributed by atoms with Crippen LogP contribution in [0, 0.1) is 17.6 Å². The Kier molecular flexibility index (Phi) is 7.61. The smallest absolute Gasteiger partial charge is 0.274 e. The van der Waals surface area contributed by atoms with Crippen molar-refractivity contribution >= 4 is 17.3 Å². The maximum absolute atomic E-state index is 16.1. The predicted octanol–water partition coefficient (Wildman–Crippen LogP) is 4.03. The molecule has 3 aliphatic rings. The van der Waals surface area contributed by atoms with Crippen molar-refractivity contribution in [1.29, 1.82) is 0 Å². The molecule has 234 valence electrons. The first-order chi connectivity index (χ1) is 21.8. The summed E-state index contributed by atoms with van der Waals surface area (Å²) in [7, 11) is 0. The van der Waals surface area contributed by atoms with Crippen LogP contribution < -0.4 is 20.7 Å². The van der Waals surface area contributed by atoms with Gasteiger partial charge in [0.25, 0.3) is 5.91 Å². The number of nitrogens with zero attached hydrogens (tertiary/aromatic N) is 6. The largest absolute Gasteiger partial charge is 0.493 e. The molecule has 45 heavy (non-hydrogen) atoms. The molecule has 0 aliphatic carbocycles. The van der Waals surface area contributed by atoms with Crippen LogP contribution in [0.1, 0.15) is 41.4 Å². The van der Waals surface area contributed by atoms with Gasteiger partial charge in [0.05, 0.1) is 42.0 Å². The topological polar surface area (TPSA) is 133 Å². The molecule has 3 N–H and O–H groups in total. The average molecular weight is 621 g/mol. The monoisotopic (exact) mass is 620 g/mol. The molecule has 11 nitrogen and oxygen atoms in total. The van der Waals surface area contributed by atoms with Crippen LogP contribution in [0.3, 0.4) is 0 Å². The Bertz CT molecular complexity index is 1720. The van der Waals surface area contributed by atoms with Gasteiger partial charge in [-0.15, -0.1) is 5.10 Å². The van der Waals surface area contributed by atoms with Gasteiger partial charge in [-0.25, -0.2) is 22.8 Å². The number of aromatic nitrogens is 5. The van der Waals surface area contributed by atoms with Crippen LogP contribution >= 0.6 is 0 Å². The van der Waals surface area contributed by atoms with E-state index in [2.05, 4.69) is 30.5 Å². The molecule has 3 aromatic heterocycles. The number of amides is 1. The molecule has 4 aromatic rings. The highest BCUT2D eigenvalue weighted by Gasteiger charge is 2.39. The summed E-state index contributed by atoms with van der Waals surface area (Å²) in [4.78, 5) is 23.9. The molecular weight excluding hydrogens is 589 g/mol. The third kappa shape index (κ3) is 5.48. The van der Waals surface area contributed by atoms with Gasteiger partial charge in [0.15, 0.2) is 0 Å². The standard InChI is InChI=1S/C31H31F3N8O3/c32-20-1-2-23-30(43)39-24-15-36-7-3-25(24)41-16-18(29(22(35)17-41)42-9-8-37-40-42)4-10-45-26-14-19(31(34)5-11-44-12-6-31)13-21(33)27(26)28(20)38-23/h1-3,7-9,13-15,18,22,29H,4-6,10-12,16-17,35H2,(H,39,43). The SMILES string of the molecule is NC1CN2CC(CCOc3cc(C4(F)CCOCC4)cc(F)c3-c3nc(ccc3F)C(=O)Nc3cnccc32)C1n1ccnn1. The lowest BCUT2D eigenvalue weighted by atomic mass is 9.86. The van der Waals surface area contributed by atoms with Gasteiger partial charge in [-0.3, -0.25) is 9.78 Å². The van der Waals surface area contributed by atoms with E-state index in [4.69, 9.17) is 15.2 Å². The first kappa shape index (κ1) is 29.2. The van der Waals surface area contributed by atoms with Gasteiger partial charge in [-0.1, -0.05) is 5.21 Å². The van der Waals surface area contributed by atoms with Crippen LogP contribution in [-0.2, 0) is 10.4 Å². The third-order valence-corrected chi connectivity index (χ3v) is 8.86. The summed E-state index contributed by atoms with van der Waals surface area (Å²) in [5, 5.41) is 11.0. The van der Waals surface area contributed by atoms with Crippen molar-refractivity contribution < 1.29 is 27.4 Å². The Labute approximate surface area is 256 Å². The Hall–Kier alpha value is -4.56. The lowest BCUT2D eigenvalue weighted by molar-refractivity contribution is -0.0117. The number of rotatable bonds is 2. The summed E-state index contributed by atoms with van der Waals surface area (Å²) in [5.74, 6) is -2.65. The molecule has 3 atom stereocenters. The number of anilines is 2. The molecular formula is C31H31F3N8O3. The summed E-state index contributed by atoms with van der Waals surface area (Å²) in [6.07, 6.45) is 6.98. The molecule has 6 heterocycles. The minimum atomic E-state index is -1.85. The first-order valence-electron chi connectivity index (χ1n) is 14.8. The van der Waals surface area contributed by atoms with Crippen LogP contribution in [0.5, 0.6) is 5.75 Å². The Morgan fingerprint density at radius 2 is 1.89 bits per heavy atom. The summed E-state index contributed by atoms with van der Waals surface area (Å²) in [6, 6.07) is 5.85. The number of halogens is 3. The second-order valence-electron chi connectivity index (χ2n) is 11.6. The highest BCUT2D eigenvalue weighted by atomic mass is 19.1.